The van der Waals surface area contributed by atoms with Crippen LogP contribution in [0.15, 0.2) is 29.1 Å². The minimum atomic E-state index is -0.0627. The van der Waals surface area contributed by atoms with Crippen molar-refractivity contribution < 1.29 is 0 Å². The Morgan fingerprint density at radius 3 is 2.82 bits per heavy atom. The Morgan fingerprint density at radius 2 is 2.00 bits per heavy atom. The zero-order valence-electron chi connectivity index (χ0n) is 16.5. The van der Waals surface area contributed by atoms with Crippen LogP contribution in [0.2, 0.25) is 0 Å². The van der Waals surface area contributed by atoms with Crippen LogP contribution < -0.4 is 15.8 Å². The summed E-state index contributed by atoms with van der Waals surface area (Å²) in [6.07, 6.45) is 3.39. The molecule has 1 fully saturated rings. The van der Waals surface area contributed by atoms with E-state index < -0.39 is 0 Å². The number of nitrogens with one attached hydrogen (secondary N) is 1. The van der Waals surface area contributed by atoms with Gasteiger partial charge in [-0.1, -0.05) is 0 Å². The molecule has 1 aliphatic heterocycles. The Bertz CT molecular complexity index is 1020. The number of fused-ring (bicyclic) bond motifs is 1. The average Bonchev–Trinajstić information content (AvgIpc) is 3.07. The molecule has 148 valence electrons. The summed E-state index contributed by atoms with van der Waals surface area (Å²) in [5.74, 6) is 2.41. The normalized spacial score (nSPS) is 17.4. The van der Waals surface area contributed by atoms with Gasteiger partial charge in [0.25, 0.3) is 5.56 Å². The predicted molar refractivity (Wildman–Crippen MR) is 108 cm³/mol. The second-order valence-electron chi connectivity index (χ2n) is 7.53. The number of rotatable bonds is 5. The van der Waals surface area contributed by atoms with Gasteiger partial charge in [-0.3, -0.25) is 4.79 Å². The lowest BCUT2D eigenvalue weighted by Crippen LogP contribution is -2.45. The lowest BCUT2D eigenvalue weighted by molar-refractivity contribution is 0.451. The van der Waals surface area contributed by atoms with Gasteiger partial charge >= 0.3 is 0 Å². The van der Waals surface area contributed by atoms with E-state index in [0.29, 0.717) is 6.04 Å². The Hall–Kier alpha value is -2.97. The van der Waals surface area contributed by atoms with Crippen LogP contribution >= 0.6 is 0 Å². The molecule has 0 amide bonds. The first-order valence-corrected chi connectivity index (χ1v) is 9.82. The lowest BCUT2D eigenvalue weighted by Gasteiger charge is -2.37. The molecule has 0 saturated carbocycles. The van der Waals surface area contributed by atoms with Gasteiger partial charge in [-0.25, -0.2) is 4.68 Å². The Kier molecular flexibility index (Phi) is 4.97. The number of aryl methyl sites for hydroxylation is 1. The van der Waals surface area contributed by atoms with Crippen LogP contribution in [0.4, 0.5) is 11.6 Å². The predicted octanol–water partition coefficient (Wildman–Crippen LogP) is 2.04. The summed E-state index contributed by atoms with van der Waals surface area (Å²) < 4.78 is 3.29. The number of hydrogen-bond donors (Lipinski definition) is 1. The van der Waals surface area contributed by atoms with E-state index in [9.17, 15) is 4.79 Å². The molecule has 1 saturated heterocycles. The van der Waals surface area contributed by atoms with Crippen molar-refractivity contribution >= 4 is 17.3 Å². The molecular weight excluding hydrogens is 356 g/mol. The highest BCUT2D eigenvalue weighted by Crippen LogP contribution is 2.23. The highest BCUT2D eigenvalue weighted by molar-refractivity contribution is 5.45. The average molecular weight is 382 g/mol. The first-order valence-electron chi connectivity index (χ1n) is 9.82. The van der Waals surface area contributed by atoms with Gasteiger partial charge in [0.1, 0.15) is 11.6 Å². The van der Waals surface area contributed by atoms with Crippen LogP contribution in [0.25, 0.3) is 5.65 Å². The second kappa shape index (κ2) is 7.57. The van der Waals surface area contributed by atoms with Gasteiger partial charge in [-0.15, -0.1) is 15.3 Å². The van der Waals surface area contributed by atoms with Crippen LogP contribution in [0.5, 0.6) is 0 Å². The van der Waals surface area contributed by atoms with E-state index in [0.717, 1.165) is 49.0 Å². The van der Waals surface area contributed by atoms with Gasteiger partial charge in [0.2, 0.25) is 0 Å². The Morgan fingerprint density at radius 1 is 1.14 bits per heavy atom. The van der Waals surface area contributed by atoms with Gasteiger partial charge < -0.3 is 10.2 Å². The Labute approximate surface area is 163 Å². The molecule has 1 unspecified atom stereocenters. The molecule has 0 aromatic carbocycles. The largest absolute Gasteiger partial charge is 0.367 e. The van der Waals surface area contributed by atoms with E-state index in [1.165, 1.54) is 6.42 Å². The molecule has 28 heavy (non-hydrogen) atoms. The van der Waals surface area contributed by atoms with Crippen LogP contribution in [-0.4, -0.2) is 48.7 Å². The van der Waals surface area contributed by atoms with Crippen LogP contribution in [0.3, 0.4) is 0 Å². The van der Waals surface area contributed by atoms with Crippen molar-refractivity contribution in [3.8, 4) is 0 Å². The highest BCUT2D eigenvalue weighted by Gasteiger charge is 2.24. The summed E-state index contributed by atoms with van der Waals surface area (Å²) in [6.45, 7) is 7.52. The lowest BCUT2D eigenvalue weighted by atomic mass is 10.0. The van der Waals surface area contributed by atoms with Gasteiger partial charge in [-0.05, 0) is 58.2 Å². The van der Waals surface area contributed by atoms with Gasteiger partial charge in [0, 0.05) is 25.2 Å². The molecule has 1 aliphatic rings. The summed E-state index contributed by atoms with van der Waals surface area (Å²) in [5.41, 5.74) is 0.676. The number of aromatic nitrogens is 6. The molecule has 0 aliphatic carbocycles. The Balaban J connectivity index is 1.53. The van der Waals surface area contributed by atoms with Crippen molar-refractivity contribution in [3.05, 3.63) is 40.4 Å². The molecular formula is C19H26N8O. The molecule has 0 radical (unpaired) electrons. The summed E-state index contributed by atoms with van der Waals surface area (Å²) in [6, 6.07) is 7.62. The number of hydrogen-bond acceptors (Lipinski definition) is 7. The first-order chi connectivity index (χ1) is 13.5. The maximum Gasteiger partial charge on any atom is 0.267 e. The molecule has 9 nitrogen and oxygen atoms in total. The van der Waals surface area contributed by atoms with E-state index in [-0.39, 0.29) is 11.6 Å². The van der Waals surface area contributed by atoms with Gasteiger partial charge in [0.15, 0.2) is 11.5 Å². The van der Waals surface area contributed by atoms with Crippen molar-refractivity contribution in [2.45, 2.75) is 52.1 Å². The van der Waals surface area contributed by atoms with E-state index in [2.05, 4.69) is 30.6 Å². The summed E-state index contributed by atoms with van der Waals surface area (Å²) in [7, 11) is 0. The van der Waals surface area contributed by atoms with Crippen molar-refractivity contribution in [1.82, 2.24) is 29.6 Å². The molecule has 3 aromatic rings. The molecule has 1 atom stereocenters. The van der Waals surface area contributed by atoms with Gasteiger partial charge in [0.05, 0.1) is 6.04 Å². The fraction of sp³-hybridized carbons (Fsp3) is 0.526. The minimum absolute atomic E-state index is 0.0387. The van der Waals surface area contributed by atoms with Crippen molar-refractivity contribution in [3.63, 3.8) is 0 Å². The topological polar surface area (TPSA) is 93.2 Å². The van der Waals surface area contributed by atoms with Gasteiger partial charge in [-0.2, -0.15) is 9.61 Å². The summed E-state index contributed by atoms with van der Waals surface area (Å²) in [4.78, 5) is 14.4. The summed E-state index contributed by atoms with van der Waals surface area (Å²) in [5, 5.41) is 20.7. The zero-order chi connectivity index (χ0) is 19.7. The monoisotopic (exact) mass is 382 g/mol. The summed E-state index contributed by atoms with van der Waals surface area (Å²) >= 11 is 0. The SMILES string of the molecule is Cc1nnc2ccc(NCC3CCCCN3c3ccc(=O)n(C(C)C)n3)nn12. The molecule has 3 aromatic heterocycles. The second-order valence-corrected chi connectivity index (χ2v) is 7.53. The number of piperidine rings is 1. The zero-order valence-corrected chi connectivity index (χ0v) is 16.5. The smallest absolute Gasteiger partial charge is 0.267 e. The fourth-order valence-corrected chi connectivity index (χ4v) is 3.67. The number of nitrogens with zero attached hydrogens (tertiary/aromatic N) is 7. The van der Waals surface area contributed by atoms with E-state index >= 15 is 0 Å². The fourth-order valence-electron chi connectivity index (χ4n) is 3.67. The molecule has 4 heterocycles. The minimum Gasteiger partial charge on any atom is -0.367 e. The van der Waals surface area contributed by atoms with Crippen molar-refractivity contribution in [2.75, 3.05) is 23.3 Å². The maximum atomic E-state index is 12.0. The third-order valence-electron chi connectivity index (χ3n) is 5.16. The first kappa shape index (κ1) is 18.4. The van der Waals surface area contributed by atoms with Crippen LogP contribution in [0, 0.1) is 6.92 Å². The third kappa shape index (κ3) is 3.56. The number of anilines is 2. The van der Waals surface area contributed by atoms with Crippen molar-refractivity contribution in [2.24, 2.45) is 0 Å². The van der Waals surface area contributed by atoms with Crippen molar-refractivity contribution in [1.29, 1.82) is 0 Å². The highest BCUT2D eigenvalue weighted by atomic mass is 16.1. The van der Waals surface area contributed by atoms with Crippen LogP contribution in [0.1, 0.15) is 45.0 Å². The molecule has 0 bridgehead atoms. The molecule has 0 spiro atoms. The molecule has 9 heteroatoms. The standard InChI is InChI=1S/C19H26N8O/c1-13(2)26-19(28)10-9-18(24-26)25-11-5-4-6-15(25)12-20-16-7-8-17-22-21-14(3)27(17)23-16/h7-10,13,15H,4-6,11-12H2,1-3H3,(H,20,23). The van der Waals surface area contributed by atoms with E-state index in [1.807, 2.05) is 39.0 Å². The third-order valence-corrected chi connectivity index (χ3v) is 5.16. The molecule has 1 N–H and O–H groups in total. The quantitative estimate of drug-likeness (QED) is 0.722. The van der Waals surface area contributed by atoms with E-state index in [4.69, 9.17) is 0 Å². The maximum absolute atomic E-state index is 12.0. The van der Waals surface area contributed by atoms with Crippen LogP contribution in [-0.2, 0) is 0 Å². The molecule has 4 rings (SSSR count). The van der Waals surface area contributed by atoms with E-state index in [1.54, 1.807) is 15.3 Å².